The van der Waals surface area contributed by atoms with Crippen molar-refractivity contribution in [1.29, 1.82) is 0 Å². The maximum atomic E-state index is 9.55. The van der Waals surface area contributed by atoms with Crippen molar-refractivity contribution in [2.75, 3.05) is 24.5 Å². The molecule has 0 spiro atoms. The van der Waals surface area contributed by atoms with Gasteiger partial charge in [-0.25, -0.2) is 4.98 Å². The highest BCUT2D eigenvalue weighted by Crippen LogP contribution is 2.19. The summed E-state index contributed by atoms with van der Waals surface area (Å²) in [5.41, 5.74) is 6.19. The number of nitrogens with two attached hydrogens (primary N) is 1. The predicted molar refractivity (Wildman–Crippen MR) is 64.3 cm³/mol. The molecule has 0 aromatic carbocycles. The van der Waals surface area contributed by atoms with Crippen LogP contribution in [-0.2, 0) is 0 Å². The van der Waals surface area contributed by atoms with Crippen LogP contribution in [0.25, 0.3) is 0 Å². The maximum Gasteiger partial charge on any atom is 0.128 e. The first-order valence-electron chi connectivity index (χ1n) is 5.90. The number of nitrogens with zero attached hydrogens (tertiary/aromatic N) is 2. The molecule has 16 heavy (non-hydrogen) atoms. The molecule has 4 heteroatoms. The minimum Gasteiger partial charge on any atom is -0.387 e. The van der Waals surface area contributed by atoms with Crippen molar-refractivity contribution in [3.8, 4) is 0 Å². The normalized spacial score (nSPS) is 18.5. The molecule has 3 N–H and O–H groups in total. The van der Waals surface area contributed by atoms with Crippen LogP contribution in [-0.4, -0.2) is 29.7 Å². The summed E-state index contributed by atoms with van der Waals surface area (Å²) in [5, 5.41) is 9.55. The van der Waals surface area contributed by atoms with E-state index in [1.165, 1.54) is 19.3 Å². The molecule has 1 aliphatic rings. The zero-order valence-corrected chi connectivity index (χ0v) is 9.47. The quantitative estimate of drug-likeness (QED) is 0.801. The largest absolute Gasteiger partial charge is 0.387 e. The number of hydrogen-bond donors (Lipinski definition) is 2. The van der Waals surface area contributed by atoms with Crippen LogP contribution in [0.5, 0.6) is 0 Å². The molecule has 0 radical (unpaired) electrons. The number of hydrogen-bond acceptors (Lipinski definition) is 4. The molecule has 0 aliphatic carbocycles. The van der Waals surface area contributed by atoms with Crippen molar-refractivity contribution >= 4 is 5.82 Å². The molecule has 1 aromatic rings. The Morgan fingerprint density at radius 1 is 1.31 bits per heavy atom. The van der Waals surface area contributed by atoms with Gasteiger partial charge in [0.1, 0.15) is 5.82 Å². The van der Waals surface area contributed by atoms with Crippen LogP contribution >= 0.6 is 0 Å². The van der Waals surface area contributed by atoms with Gasteiger partial charge in [0.05, 0.1) is 6.10 Å². The zero-order valence-electron chi connectivity index (χ0n) is 9.47. The van der Waals surface area contributed by atoms with E-state index in [1.807, 2.05) is 12.1 Å². The molecule has 2 rings (SSSR count). The Hall–Kier alpha value is -1.13. The number of aliphatic hydroxyl groups excluding tert-OH is 1. The van der Waals surface area contributed by atoms with Gasteiger partial charge < -0.3 is 15.7 Å². The average Bonchev–Trinajstić information content (AvgIpc) is 2.39. The third-order valence-electron chi connectivity index (χ3n) is 3.06. The monoisotopic (exact) mass is 221 g/mol. The minimum absolute atomic E-state index is 0.241. The van der Waals surface area contributed by atoms with Crippen molar-refractivity contribution < 1.29 is 5.11 Å². The standard InChI is InChI=1S/C12H19N3O/c13-8-11(16)10-4-5-12(14-9-10)15-6-2-1-3-7-15/h4-5,9,11,16H,1-3,6-8,13H2. The van der Waals surface area contributed by atoms with Crippen LogP contribution in [0.15, 0.2) is 18.3 Å². The zero-order chi connectivity index (χ0) is 11.4. The first kappa shape index (κ1) is 11.4. The number of rotatable bonds is 3. The smallest absolute Gasteiger partial charge is 0.128 e. The maximum absolute atomic E-state index is 9.55. The molecule has 0 saturated carbocycles. The lowest BCUT2D eigenvalue weighted by molar-refractivity contribution is 0.186. The number of aliphatic hydroxyl groups is 1. The minimum atomic E-state index is -0.595. The van der Waals surface area contributed by atoms with E-state index in [1.54, 1.807) is 6.20 Å². The van der Waals surface area contributed by atoms with Crippen LogP contribution in [0.1, 0.15) is 30.9 Å². The fraction of sp³-hybridized carbons (Fsp3) is 0.583. The van der Waals surface area contributed by atoms with Gasteiger partial charge in [-0.05, 0) is 25.3 Å². The molecule has 0 amide bonds. The molecule has 1 atom stereocenters. The second kappa shape index (κ2) is 5.27. The number of anilines is 1. The average molecular weight is 221 g/mol. The van der Waals surface area contributed by atoms with Crippen molar-refractivity contribution in [1.82, 2.24) is 4.98 Å². The van der Waals surface area contributed by atoms with Crippen LogP contribution in [0.4, 0.5) is 5.82 Å². The molecule has 1 aromatic heterocycles. The van der Waals surface area contributed by atoms with E-state index in [-0.39, 0.29) is 6.54 Å². The summed E-state index contributed by atoms with van der Waals surface area (Å²) in [6.45, 7) is 2.42. The van der Waals surface area contributed by atoms with Crippen LogP contribution < -0.4 is 10.6 Å². The number of aromatic nitrogens is 1. The topological polar surface area (TPSA) is 62.4 Å². The van der Waals surface area contributed by atoms with Gasteiger partial charge in [-0.3, -0.25) is 0 Å². The van der Waals surface area contributed by atoms with Crippen molar-refractivity contribution in [2.24, 2.45) is 5.73 Å². The van der Waals surface area contributed by atoms with Gasteiger partial charge in [-0.1, -0.05) is 6.07 Å². The first-order valence-corrected chi connectivity index (χ1v) is 5.90. The van der Waals surface area contributed by atoms with E-state index in [2.05, 4.69) is 9.88 Å². The summed E-state index contributed by atoms with van der Waals surface area (Å²) in [6, 6.07) is 3.88. The molecule has 2 heterocycles. The molecule has 0 bridgehead atoms. The lowest BCUT2D eigenvalue weighted by atomic mass is 10.1. The molecule has 88 valence electrons. The molecule has 1 aliphatic heterocycles. The molecular formula is C12H19N3O. The first-order chi connectivity index (χ1) is 7.81. The van der Waals surface area contributed by atoms with E-state index in [0.29, 0.717) is 0 Å². The fourth-order valence-electron chi connectivity index (χ4n) is 2.04. The summed E-state index contributed by atoms with van der Waals surface area (Å²) in [7, 11) is 0. The molecule has 1 saturated heterocycles. The summed E-state index contributed by atoms with van der Waals surface area (Å²) in [4.78, 5) is 6.68. The van der Waals surface area contributed by atoms with Gasteiger partial charge in [0.2, 0.25) is 0 Å². The summed E-state index contributed by atoms with van der Waals surface area (Å²) >= 11 is 0. The Bertz CT molecular complexity index is 320. The van der Waals surface area contributed by atoms with Gasteiger partial charge in [-0.2, -0.15) is 0 Å². The third kappa shape index (κ3) is 2.51. The molecule has 1 fully saturated rings. The molecule has 1 unspecified atom stereocenters. The number of pyridine rings is 1. The van der Waals surface area contributed by atoms with Crippen LogP contribution in [0.2, 0.25) is 0 Å². The van der Waals surface area contributed by atoms with E-state index in [4.69, 9.17) is 5.73 Å². The Labute approximate surface area is 96.1 Å². The lowest BCUT2D eigenvalue weighted by Crippen LogP contribution is -2.30. The second-order valence-corrected chi connectivity index (χ2v) is 4.25. The lowest BCUT2D eigenvalue weighted by Gasteiger charge is -2.27. The highest BCUT2D eigenvalue weighted by Gasteiger charge is 2.12. The van der Waals surface area contributed by atoms with Gasteiger partial charge >= 0.3 is 0 Å². The summed E-state index contributed by atoms with van der Waals surface area (Å²) in [5.74, 6) is 1.01. The van der Waals surface area contributed by atoms with Crippen LogP contribution in [0, 0.1) is 0 Å². The Morgan fingerprint density at radius 3 is 2.62 bits per heavy atom. The Balaban J connectivity index is 2.06. The van der Waals surface area contributed by atoms with Gasteiger partial charge in [0, 0.05) is 31.4 Å². The van der Waals surface area contributed by atoms with Crippen molar-refractivity contribution in [3.05, 3.63) is 23.9 Å². The highest BCUT2D eigenvalue weighted by molar-refractivity contribution is 5.40. The van der Waals surface area contributed by atoms with Gasteiger partial charge in [0.25, 0.3) is 0 Å². The van der Waals surface area contributed by atoms with E-state index < -0.39 is 6.10 Å². The van der Waals surface area contributed by atoms with Crippen LogP contribution in [0.3, 0.4) is 0 Å². The molecular weight excluding hydrogens is 202 g/mol. The van der Waals surface area contributed by atoms with Gasteiger partial charge in [0.15, 0.2) is 0 Å². The summed E-state index contributed by atoms with van der Waals surface area (Å²) in [6.07, 6.45) is 4.94. The SMILES string of the molecule is NCC(O)c1ccc(N2CCCCC2)nc1. The Kier molecular flexibility index (Phi) is 3.74. The van der Waals surface area contributed by atoms with E-state index in [9.17, 15) is 5.11 Å². The highest BCUT2D eigenvalue weighted by atomic mass is 16.3. The Morgan fingerprint density at radius 2 is 2.06 bits per heavy atom. The van der Waals surface area contributed by atoms with Crippen molar-refractivity contribution in [3.63, 3.8) is 0 Å². The summed E-state index contributed by atoms with van der Waals surface area (Å²) < 4.78 is 0. The van der Waals surface area contributed by atoms with E-state index >= 15 is 0 Å². The predicted octanol–water partition coefficient (Wildman–Crippen LogP) is 1.06. The van der Waals surface area contributed by atoms with Crippen molar-refractivity contribution in [2.45, 2.75) is 25.4 Å². The number of piperidine rings is 1. The third-order valence-corrected chi connectivity index (χ3v) is 3.06. The molecule has 4 nitrogen and oxygen atoms in total. The fourth-order valence-corrected chi connectivity index (χ4v) is 2.04. The second-order valence-electron chi connectivity index (χ2n) is 4.25. The van der Waals surface area contributed by atoms with E-state index in [0.717, 1.165) is 24.5 Å². The van der Waals surface area contributed by atoms with Gasteiger partial charge in [-0.15, -0.1) is 0 Å².